The molecule has 0 saturated heterocycles. The summed E-state index contributed by atoms with van der Waals surface area (Å²) in [4.78, 5) is 18.9. The third kappa shape index (κ3) is 8.19. The first-order chi connectivity index (χ1) is 25.8. The van der Waals surface area contributed by atoms with Gasteiger partial charge in [0.15, 0.2) is 5.82 Å². The van der Waals surface area contributed by atoms with Gasteiger partial charge in [-0.3, -0.25) is 18.9 Å². The highest BCUT2D eigenvalue weighted by atomic mass is 35.5. The number of carbonyl (C=O) groups is 1. The number of nitrogens with one attached hydrogen (secondary N) is 2. The van der Waals surface area contributed by atoms with E-state index in [0.717, 1.165) is 37.3 Å². The maximum absolute atomic E-state index is 14.6. The molecule has 2 aliphatic rings. The Balaban J connectivity index is 1.38. The zero-order chi connectivity index (χ0) is 39.6. The van der Waals surface area contributed by atoms with E-state index in [0.29, 0.717) is 40.2 Å². The van der Waals surface area contributed by atoms with Crippen LogP contribution >= 0.6 is 11.6 Å². The van der Waals surface area contributed by atoms with E-state index < -0.39 is 52.2 Å². The molecule has 3 aromatic heterocycles. The normalized spacial score (nSPS) is 17.0. The number of carbonyl (C=O) groups excluding carboxylic acids is 1. The highest BCUT2D eigenvalue weighted by Crippen LogP contribution is 2.55. The highest BCUT2D eigenvalue weighted by Gasteiger charge is 2.46. The summed E-state index contributed by atoms with van der Waals surface area (Å²) in [6.45, 7) is 2.57. The van der Waals surface area contributed by atoms with Crippen molar-refractivity contribution < 1.29 is 35.9 Å². The molecule has 1 fully saturated rings. The Labute approximate surface area is 319 Å². The van der Waals surface area contributed by atoms with Crippen LogP contribution in [0.25, 0.3) is 22.0 Å². The van der Waals surface area contributed by atoms with Gasteiger partial charge in [0.1, 0.15) is 35.2 Å². The van der Waals surface area contributed by atoms with Gasteiger partial charge in [0.25, 0.3) is 6.43 Å². The minimum absolute atomic E-state index is 0.0299. The first-order valence-corrected chi connectivity index (χ1v) is 19.6. The van der Waals surface area contributed by atoms with Crippen LogP contribution in [-0.4, -0.2) is 55.8 Å². The van der Waals surface area contributed by atoms with Crippen molar-refractivity contribution in [2.75, 3.05) is 11.0 Å². The standard InChI is InChI=1S/C38H36ClF4N7O4S/c1-38(2,52)12-11-23-6-8-24(25-9-10-28(39)31-35(25)49(3)47-37(31)48-55(4,53)54)32(44-23)29(15-19-13-21(40)17-22(41)14-19)45-30(51)18-50-34-26(33(46-50)36(42)43)7-5-20-16-27(20)34/h6,8-10,13-14,17,20,27,29,36,52H,5,7,15-16,18H2,1-4H3,(H,45,51)(H,47,48)/t20?,27?,29-/m0/s1. The lowest BCUT2D eigenvalue weighted by Gasteiger charge is -2.23. The number of pyridine rings is 1. The number of fused-ring (bicyclic) bond motifs is 4. The number of benzene rings is 2. The summed E-state index contributed by atoms with van der Waals surface area (Å²) in [5, 5.41) is 22.3. The van der Waals surface area contributed by atoms with Gasteiger partial charge in [0.05, 0.1) is 33.9 Å². The van der Waals surface area contributed by atoms with Crippen molar-refractivity contribution in [3.8, 4) is 23.0 Å². The second kappa shape index (κ2) is 14.3. The molecule has 0 spiro atoms. The van der Waals surface area contributed by atoms with E-state index in [2.05, 4.69) is 32.1 Å². The van der Waals surface area contributed by atoms with E-state index in [4.69, 9.17) is 16.6 Å². The SMILES string of the molecule is Cn1nc(NS(C)(=O)=O)c2c(Cl)ccc(-c3ccc(C#CC(C)(C)O)nc3[C@H](Cc3cc(F)cc(F)c3)NC(=O)Cn3nc(C(F)F)c4c3C3CC3CC4)c21. The third-order valence-corrected chi connectivity index (χ3v) is 10.5. The van der Waals surface area contributed by atoms with E-state index in [1.165, 1.54) is 23.2 Å². The Morgan fingerprint density at radius 2 is 1.80 bits per heavy atom. The number of aliphatic hydroxyl groups is 1. The molecule has 55 heavy (non-hydrogen) atoms. The number of anilines is 1. The number of rotatable bonds is 10. The smallest absolute Gasteiger partial charge is 0.282 e. The van der Waals surface area contributed by atoms with Crippen molar-refractivity contribution in [3.63, 3.8) is 0 Å². The molecule has 0 aliphatic heterocycles. The van der Waals surface area contributed by atoms with Gasteiger partial charge in [0, 0.05) is 41.4 Å². The lowest BCUT2D eigenvalue weighted by molar-refractivity contribution is -0.122. The molecule has 2 aliphatic carbocycles. The molecule has 3 heterocycles. The number of sulfonamides is 1. The van der Waals surface area contributed by atoms with Crippen LogP contribution in [0.4, 0.5) is 23.4 Å². The quantitative estimate of drug-likeness (QED) is 0.111. The van der Waals surface area contributed by atoms with Crippen LogP contribution in [-0.2, 0) is 41.3 Å². The summed E-state index contributed by atoms with van der Waals surface area (Å²) in [5.74, 6) is 3.58. The molecule has 3 N–H and O–H groups in total. The summed E-state index contributed by atoms with van der Waals surface area (Å²) in [5.41, 5.74) is 1.14. The molecule has 7 rings (SSSR count). The van der Waals surface area contributed by atoms with Gasteiger partial charge in [-0.05, 0) is 87.3 Å². The first-order valence-electron chi connectivity index (χ1n) is 17.4. The number of hydrogen-bond donors (Lipinski definition) is 3. The molecule has 0 radical (unpaired) electrons. The zero-order valence-electron chi connectivity index (χ0n) is 30.1. The Morgan fingerprint density at radius 1 is 1.09 bits per heavy atom. The van der Waals surface area contributed by atoms with Gasteiger partial charge in [-0.25, -0.2) is 31.0 Å². The molecule has 17 heteroatoms. The number of hydrogen-bond acceptors (Lipinski definition) is 7. The summed E-state index contributed by atoms with van der Waals surface area (Å²) >= 11 is 6.61. The van der Waals surface area contributed by atoms with Crippen molar-refractivity contribution >= 4 is 44.3 Å². The van der Waals surface area contributed by atoms with Crippen molar-refractivity contribution in [2.24, 2.45) is 13.0 Å². The molecule has 2 aromatic carbocycles. The largest absolute Gasteiger partial charge is 0.378 e. The zero-order valence-corrected chi connectivity index (χ0v) is 31.7. The average Bonchev–Trinajstić information content (AvgIpc) is 3.68. The van der Waals surface area contributed by atoms with E-state index in [1.807, 2.05) is 0 Å². The van der Waals surface area contributed by atoms with E-state index >= 15 is 0 Å². The maximum Gasteiger partial charge on any atom is 0.282 e. The fourth-order valence-electron chi connectivity index (χ4n) is 7.38. The monoisotopic (exact) mass is 797 g/mol. The molecule has 288 valence electrons. The predicted molar refractivity (Wildman–Crippen MR) is 198 cm³/mol. The summed E-state index contributed by atoms with van der Waals surface area (Å²) in [6.07, 6.45) is 0.0222. The molecule has 11 nitrogen and oxygen atoms in total. The third-order valence-electron chi connectivity index (χ3n) is 9.62. The minimum Gasteiger partial charge on any atom is -0.378 e. The number of alkyl halides is 2. The molecule has 5 aromatic rings. The number of aromatic nitrogens is 5. The second-order valence-electron chi connectivity index (χ2n) is 14.6. The maximum atomic E-state index is 14.6. The van der Waals surface area contributed by atoms with E-state index in [-0.39, 0.29) is 51.2 Å². The molecule has 1 saturated carbocycles. The molecule has 1 amide bonds. The summed E-state index contributed by atoms with van der Waals surface area (Å²) < 4.78 is 87.0. The predicted octanol–water partition coefficient (Wildman–Crippen LogP) is 6.34. The average molecular weight is 798 g/mol. The first kappa shape index (κ1) is 38.3. The van der Waals surface area contributed by atoms with E-state index in [9.17, 15) is 35.9 Å². The second-order valence-corrected chi connectivity index (χ2v) is 16.7. The lowest BCUT2D eigenvalue weighted by atomic mass is 9.93. The summed E-state index contributed by atoms with van der Waals surface area (Å²) in [6, 6.07) is 8.29. The highest BCUT2D eigenvalue weighted by molar-refractivity contribution is 7.92. The molecule has 0 bridgehead atoms. The van der Waals surface area contributed by atoms with Crippen LogP contribution in [0.15, 0.2) is 42.5 Å². The fraction of sp³-hybridized carbons (Fsp3) is 0.368. The Hall–Kier alpha value is -4.98. The number of nitrogens with zero attached hydrogens (tertiary/aromatic N) is 5. The topological polar surface area (TPSA) is 144 Å². The summed E-state index contributed by atoms with van der Waals surface area (Å²) in [7, 11) is -2.19. The van der Waals surface area contributed by atoms with Crippen LogP contribution in [0.1, 0.15) is 79.0 Å². The van der Waals surface area contributed by atoms with Crippen molar-refractivity contribution in [3.05, 3.63) is 93.0 Å². The Kier molecular flexibility index (Phi) is 9.93. The van der Waals surface area contributed by atoms with Crippen LogP contribution in [0.2, 0.25) is 5.02 Å². The number of aryl methyl sites for hydroxylation is 1. The van der Waals surface area contributed by atoms with E-state index in [1.54, 1.807) is 31.3 Å². The molecule has 3 atom stereocenters. The van der Waals surface area contributed by atoms with Crippen LogP contribution < -0.4 is 10.0 Å². The van der Waals surface area contributed by atoms with Gasteiger partial charge in [-0.1, -0.05) is 23.6 Å². The van der Waals surface area contributed by atoms with Gasteiger partial charge >= 0.3 is 0 Å². The number of amides is 1. The van der Waals surface area contributed by atoms with Gasteiger partial charge in [0.2, 0.25) is 15.9 Å². The van der Waals surface area contributed by atoms with Crippen molar-refractivity contribution in [2.45, 2.75) is 70.1 Å². The fourth-order valence-corrected chi connectivity index (χ4v) is 8.12. The van der Waals surface area contributed by atoms with Gasteiger partial charge < -0.3 is 10.4 Å². The van der Waals surface area contributed by atoms with Crippen molar-refractivity contribution in [1.29, 1.82) is 0 Å². The van der Waals surface area contributed by atoms with Crippen LogP contribution in [0, 0.1) is 29.4 Å². The van der Waals surface area contributed by atoms with Gasteiger partial charge in [-0.2, -0.15) is 10.2 Å². The van der Waals surface area contributed by atoms with Crippen molar-refractivity contribution in [1.82, 2.24) is 29.9 Å². The Bertz CT molecular complexity index is 2520. The van der Waals surface area contributed by atoms with Crippen LogP contribution in [0.5, 0.6) is 0 Å². The van der Waals surface area contributed by atoms with Gasteiger partial charge in [-0.15, -0.1) is 0 Å². The van der Waals surface area contributed by atoms with Crippen LogP contribution in [0.3, 0.4) is 0 Å². The molecular weight excluding hydrogens is 762 g/mol. The minimum atomic E-state index is -3.78. The number of halogens is 5. The molecule has 2 unspecified atom stereocenters. The molecular formula is C38H36ClF4N7O4S. The lowest BCUT2D eigenvalue weighted by Crippen LogP contribution is -2.34. The Morgan fingerprint density at radius 3 is 2.47 bits per heavy atom.